The van der Waals surface area contributed by atoms with Crippen molar-refractivity contribution >= 4 is 16.9 Å². The number of hydrogen-bond donors (Lipinski definition) is 0. The van der Waals surface area contributed by atoms with Crippen molar-refractivity contribution in [2.75, 3.05) is 20.3 Å². The Labute approximate surface area is 164 Å². The maximum absolute atomic E-state index is 12.1. The Kier molecular flexibility index (Phi) is 5.19. The van der Waals surface area contributed by atoms with Gasteiger partial charge < -0.3 is 18.9 Å². The number of carbonyl (C=O) groups excluding carboxylic acids is 1. The summed E-state index contributed by atoms with van der Waals surface area (Å²) in [5, 5.41) is 0. The molecule has 1 aliphatic heterocycles. The van der Waals surface area contributed by atoms with Crippen molar-refractivity contribution in [3.05, 3.63) is 54.4 Å². The zero-order valence-corrected chi connectivity index (χ0v) is 16.3. The Balaban J connectivity index is 1.57. The highest BCUT2D eigenvalue weighted by molar-refractivity contribution is 5.77. The number of rotatable bonds is 6. The van der Waals surface area contributed by atoms with Crippen molar-refractivity contribution in [3.8, 4) is 11.5 Å². The molecule has 0 N–H and O–H groups in total. The van der Waals surface area contributed by atoms with E-state index < -0.39 is 0 Å². The first kappa shape index (κ1) is 18.3. The van der Waals surface area contributed by atoms with Crippen molar-refractivity contribution in [1.29, 1.82) is 0 Å². The average Bonchev–Trinajstić information content (AvgIpc) is 3.33. The Morgan fingerprint density at radius 1 is 1.14 bits per heavy atom. The molecule has 6 heteroatoms. The van der Waals surface area contributed by atoms with Crippen LogP contribution < -0.4 is 9.47 Å². The van der Waals surface area contributed by atoms with E-state index >= 15 is 0 Å². The number of hydrogen-bond acceptors (Lipinski definition) is 4. The lowest BCUT2D eigenvalue weighted by atomic mass is 10.2. The molecule has 2 heterocycles. The van der Waals surface area contributed by atoms with E-state index in [4.69, 9.17) is 14.5 Å². The van der Waals surface area contributed by atoms with Crippen LogP contribution in [0.5, 0.6) is 11.5 Å². The second-order valence-electron chi connectivity index (χ2n) is 7.00. The molecule has 28 heavy (non-hydrogen) atoms. The molecule has 2 aromatic carbocycles. The largest absolute Gasteiger partial charge is 0.497 e. The summed E-state index contributed by atoms with van der Waals surface area (Å²) in [6.45, 7) is 3.63. The van der Waals surface area contributed by atoms with E-state index in [1.165, 1.54) is 0 Å². The van der Waals surface area contributed by atoms with Gasteiger partial charge in [0.05, 0.1) is 30.7 Å². The monoisotopic (exact) mass is 379 g/mol. The van der Waals surface area contributed by atoms with Gasteiger partial charge in [0.25, 0.3) is 0 Å². The first-order valence-corrected chi connectivity index (χ1v) is 9.66. The molecule has 1 amide bonds. The summed E-state index contributed by atoms with van der Waals surface area (Å²) in [7, 11) is 1.65. The van der Waals surface area contributed by atoms with Crippen LogP contribution in [-0.2, 0) is 11.3 Å². The van der Waals surface area contributed by atoms with E-state index in [0.717, 1.165) is 47.7 Å². The molecule has 0 saturated carbocycles. The maximum atomic E-state index is 12.1. The van der Waals surface area contributed by atoms with Gasteiger partial charge in [-0.25, -0.2) is 4.98 Å². The molecule has 3 aromatic rings. The molecule has 4 rings (SSSR count). The molecule has 146 valence electrons. The summed E-state index contributed by atoms with van der Waals surface area (Å²) >= 11 is 0. The number of benzene rings is 2. The van der Waals surface area contributed by atoms with Gasteiger partial charge in [-0.3, -0.25) is 4.79 Å². The first-order valence-electron chi connectivity index (χ1n) is 9.66. The number of likely N-dealkylation sites (tertiary alicyclic amines) is 1. The van der Waals surface area contributed by atoms with E-state index in [-0.39, 0.29) is 11.9 Å². The van der Waals surface area contributed by atoms with Crippen molar-refractivity contribution in [2.24, 2.45) is 0 Å². The molecule has 0 spiro atoms. The molecule has 0 aliphatic carbocycles. The summed E-state index contributed by atoms with van der Waals surface area (Å²) in [6, 6.07) is 15.7. The van der Waals surface area contributed by atoms with Crippen LogP contribution in [0, 0.1) is 0 Å². The van der Waals surface area contributed by atoms with E-state index in [1.54, 1.807) is 14.0 Å². The van der Waals surface area contributed by atoms with Crippen LogP contribution in [0.1, 0.15) is 31.6 Å². The maximum Gasteiger partial charge on any atom is 0.220 e. The van der Waals surface area contributed by atoms with Crippen LogP contribution in [0.25, 0.3) is 11.0 Å². The van der Waals surface area contributed by atoms with Crippen LogP contribution in [-0.4, -0.2) is 40.6 Å². The van der Waals surface area contributed by atoms with Crippen LogP contribution >= 0.6 is 0 Å². The minimum absolute atomic E-state index is 0.0332. The molecule has 0 radical (unpaired) electrons. The highest BCUT2D eigenvalue weighted by atomic mass is 16.5. The number of aromatic nitrogens is 2. The summed E-state index contributed by atoms with van der Waals surface area (Å²) in [4.78, 5) is 18.9. The number of para-hydroxylation sites is 2. The van der Waals surface area contributed by atoms with Crippen LogP contribution in [0.2, 0.25) is 0 Å². The van der Waals surface area contributed by atoms with Gasteiger partial charge in [0.2, 0.25) is 5.91 Å². The molecule has 0 unspecified atom stereocenters. The molecular weight excluding hydrogens is 354 g/mol. The Morgan fingerprint density at radius 3 is 2.64 bits per heavy atom. The Morgan fingerprint density at radius 2 is 1.89 bits per heavy atom. The Bertz CT molecular complexity index is 965. The number of methoxy groups -OCH3 is 1. The van der Waals surface area contributed by atoms with Gasteiger partial charge >= 0.3 is 0 Å². The highest BCUT2D eigenvalue weighted by Crippen LogP contribution is 2.33. The van der Waals surface area contributed by atoms with Gasteiger partial charge in [0.15, 0.2) is 0 Å². The highest BCUT2D eigenvalue weighted by Gasteiger charge is 2.32. The van der Waals surface area contributed by atoms with Crippen LogP contribution in [0.15, 0.2) is 48.5 Å². The third-order valence-electron chi connectivity index (χ3n) is 5.28. The third-order valence-corrected chi connectivity index (χ3v) is 5.28. The molecule has 1 saturated heterocycles. The van der Waals surface area contributed by atoms with Gasteiger partial charge in [-0.2, -0.15) is 0 Å². The number of ether oxygens (including phenoxy) is 2. The predicted molar refractivity (Wildman–Crippen MR) is 108 cm³/mol. The number of amides is 1. The quantitative estimate of drug-likeness (QED) is 0.654. The summed E-state index contributed by atoms with van der Waals surface area (Å²) in [6.07, 6.45) is 1.96. The van der Waals surface area contributed by atoms with Crippen molar-refractivity contribution in [2.45, 2.75) is 32.4 Å². The molecule has 6 nitrogen and oxygen atoms in total. The van der Waals surface area contributed by atoms with Gasteiger partial charge in [-0.05, 0) is 49.2 Å². The number of carbonyl (C=O) groups is 1. The molecule has 1 atom stereocenters. The van der Waals surface area contributed by atoms with Gasteiger partial charge in [-0.15, -0.1) is 0 Å². The second-order valence-corrected chi connectivity index (χ2v) is 7.00. The molecule has 1 fully saturated rings. The lowest BCUT2D eigenvalue weighted by Gasteiger charge is -2.24. The van der Waals surface area contributed by atoms with Gasteiger partial charge in [-0.1, -0.05) is 12.1 Å². The van der Waals surface area contributed by atoms with E-state index in [1.807, 2.05) is 47.4 Å². The van der Waals surface area contributed by atoms with Gasteiger partial charge in [0.1, 0.15) is 23.9 Å². The SMILES string of the molecule is COc1ccc(OCCn2c([C@@H]3CCCN3C(C)=O)nc3ccccc32)cc1. The lowest BCUT2D eigenvalue weighted by molar-refractivity contribution is -0.129. The lowest BCUT2D eigenvalue weighted by Crippen LogP contribution is -2.30. The first-order chi connectivity index (χ1) is 13.7. The fraction of sp³-hybridized carbons (Fsp3) is 0.364. The number of imidazole rings is 1. The molecule has 1 aliphatic rings. The van der Waals surface area contributed by atoms with Crippen molar-refractivity contribution in [3.63, 3.8) is 0 Å². The topological polar surface area (TPSA) is 56.6 Å². The predicted octanol–water partition coefficient (Wildman–Crippen LogP) is 3.81. The number of nitrogens with zero attached hydrogens (tertiary/aromatic N) is 3. The van der Waals surface area contributed by atoms with Crippen LogP contribution in [0.4, 0.5) is 0 Å². The average molecular weight is 379 g/mol. The fourth-order valence-electron chi connectivity index (χ4n) is 3.92. The zero-order valence-electron chi connectivity index (χ0n) is 16.3. The Hall–Kier alpha value is -3.02. The third kappa shape index (κ3) is 3.54. The molecular formula is C22H25N3O3. The number of fused-ring (bicyclic) bond motifs is 1. The molecule has 0 bridgehead atoms. The van der Waals surface area contributed by atoms with Crippen LogP contribution in [0.3, 0.4) is 0 Å². The second kappa shape index (κ2) is 7.92. The normalized spacial score (nSPS) is 16.5. The minimum atomic E-state index is 0.0332. The molecule has 1 aromatic heterocycles. The fourth-order valence-corrected chi connectivity index (χ4v) is 3.92. The van der Waals surface area contributed by atoms with Crippen molar-refractivity contribution < 1.29 is 14.3 Å². The smallest absolute Gasteiger partial charge is 0.220 e. The van der Waals surface area contributed by atoms with E-state index in [2.05, 4.69) is 10.6 Å². The summed E-state index contributed by atoms with van der Waals surface area (Å²) in [5.74, 6) is 2.67. The van der Waals surface area contributed by atoms with Crippen molar-refractivity contribution in [1.82, 2.24) is 14.5 Å². The summed E-state index contributed by atoms with van der Waals surface area (Å²) < 4.78 is 13.3. The standard InChI is InChI=1S/C22H25N3O3/c1-16(26)24-13-5-8-21(24)22-23-19-6-3-4-7-20(19)25(22)14-15-28-18-11-9-17(27-2)10-12-18/h3-4,6-7,9-12,21H,5,8,13-15H2,1-2H3/t21-/m0/s1. The van der Waals surface area contributed by atoms with E-state index in [9.17, 15) is 4.79 Å². The van der Waals surface area contributed by atoms with Gasteiger partial charge in [0, 0.05) is 13.5 Å². The minimum Gasteiger partial charge on any atom is -0.497 e. The van der Waals surface area contributed by atoms with E-state index in [0.29, 0.717) is 13.2 Å². The summed E-state index contributed by atoms with van der Waals surface area (Å²) in [5.41, 5.74) is 2.03. The zero-order chi connectivity index (χ0) is 19.5.